The summed E-state index contributed by atoms with van der Waals surface area (Å²) in [5, 5.41) is 4.47. The largest absolute Gasteiger partial charge is 0.255 e. The molecule has 0 saturated carbocycles. The summed E-state index contributed by atoms with van der Waals surface area (Å²) in [5.41, 5.74) is 0.967. The van der Waals surface area contributed by atoms with E-state index in [4.69, 9.17) is 0 Å². The zero-order valence-corrected chi connectivity index (χ0v) is 11.3. The van der Waals surface area contributed by atoms with Crippen LogP contribution in [0.3, 0.4) is 0 Å². The van der Waals surface area contributed by atoms with Crippen molar-refractivity contribution in [2.45, 2.75) is 4.90 Å². The summed E-state index contributed by atoms with van der Waals surface area (Å²) in [6.07, 6.45) is 1.87. The van der Waals surface area contributed by atoms with Gasteiger partial charge >= 0.3 is 0 Å². The number of aliphatic imine (C=N–C) groups is 1. The molecule has 0 fully saturated rings. The number of fused-ring (bicyclic) bond motifs is 1. The average Bonchev–Trinajstić information content (AvgIpc) is 2.82. The van der Waals surface area contributed by atoms with Crippen molar-refractivity contribution in [3.63, 3.8) is 0 Å². The number of thiophene rings is 1. The molecule has 0 unspecified atom stereocenters. The number of hydrogen-bond acceptors (Lipinski definition) is 3. The molecular weight excluding hydrogens is 258 g/mol. The van der Waals surface area contributed by atoms with Gasteiger partial charge in [-0.3, -0.25) is 4.99 Å². The van der Waals surface area contributed by atoms with Gasteiger partial charge in [0.1, 0.15) is 0 Å². The van der Waals surface area contributed by atoms with Crippen molar-refractivity contribution in [3.05, 3.63) is 58.8 Å². The van der Waals surface area contributed by atoms with E-state index < -0.39 is 0 Å². The lowest BCUT2D eigenvalue weighted by molar-refractivity contribution is 1.53. The number of thiol groups is 1. The lowest BCUT2D eigenvalue weighted by atomic mass is 10.1. The zero-order chi connectivity index (χ0) is 12.4. The molecule has 0 radical (unpaired) electrons. The van der Waals surface area contributed by atoms with Gasteiger partial charge in [-0.15, -0.1) is 24.0 Å². The average molecular weight is 269 g/mol. The predicted octanol–water partition coefficient (Wildman–Crippen LogP) is 4.94. The van der Waals surface area contributed by atoms with Crippen LogP contribution < -0.4 is 0 Å². The Morgan fingerprint density at radius 1 is 1.00 bits per heavy atom. The van der Waals surface area contributed by atoms with Crippen molar-refractivity contribution in [2.24, 2.45) is 4.99 Å². The molecule has 88 valence electrons. The highest BCUT2D eigenvalue weighted by Crippen LogP contribution is 2.23. The minimum Gasteiger partial charge on any atom is -0.255 e. The molecule has 0 aliphatic heterocycles. The SMILES string of the molecule is Sc1ccsc1C=Nc1ccc2ccccc2c1. The second kappa shape index (κ2) is 4.96. The standard InChI is InChI=1S/C15H11NS2/c17-14-7-8-18-15(14)10-16-13-6-5-11-3-1-2-4-12(11)9-13/h1-10,17H. The molecule has 0 aliphatic rings. The van der Waals surface area contributed by atoms with E-state index in [2.05, 4.69) is 41.9 Å². The highest BCUT2D eigenvalue weighted by atomic mass is 32.1. The number of hydrogen-bond donors (Lipinski definition) is 1. The molecule has 0 saturated heterocycles. The van der Waals surface area contributed by atoms with E-state index in [9.17, 15) is 0 Å². The van der Waals surface area contributed by atoms with Crippen molar-refractivity contribution < 1.29 is 0 Å². The molecule has 1 nitrogen and oxygen atoms in total. The van der Waals surface area contributed by atoms with Gasteiger partial charge in [0.05, 0.1) is 10.6 Å². The monoisotopic (exact) mass is 269 g/mol. The van der Waals surface area contributed by atoms with Gasteiger partial charge in [0, 0.05) is 11.1 Å². The molecule has 0 atom stereocenters. The van der Waals surface area contributed by atoms with Gasteiger partial charge in [-0.2, -0.15) is 0 Å². The van der Waals surface area contributed by atoms with E-state index in [1.807, 2.05) is 35.9 Å². The first-order valence-electron chi connectivity index (χ1n) is 5.62. The van der Waals surface area contributed by atoms with Gasteiger partial charge in [0.15, 0.2) is 0 Å². The molecule has 0 spiro atoms. The van der Waals surface area contributed by atoms with Crippen molar-refractivity contribution >= 4 is 46.6 Å². The smallest absolute Gasteiger partial charge is 0.0636 e. The summed E-state index contributed by atoms with van der Waals surface area (Å²) in [5.74, 6) is 0. The summed E-state index contributed by atoms with van der Waals surface area (Å²) in [6, 6.07) is 16.5. The van der Waals surface area contributed by atoms with Crippen molar-refractivity contribution in [1.29, 1.82) is 0 Å². The molecule has 2 aromatic carbocycles. The molecule has 3 rings (SSSR count). The van der Waals surface area contributed by atoms with E-state index in [0.29, 0.717) is 0 Å². The Kier molecular flexibility index (Phi) is 3.17. The van der Waals surface area contributed by atoms with Crippen molar-refractivity contribution in [1.82, 2.24) is 0 Å². The summed E-state index contributed by atoms with van der Waals surface area (Å²) in [7, 11) is 0. The van der Waals surface area contributed by atoms with Gasteiger partial charge in [-0.05, 0) is 34.4 Å². The minimum atomic E-state index is 0.967. The third-order valence-corrected chi connectivity index (χ3v) is 4.13. The van der Waals surface area contributed by atoms with Crippen LogP contribution in [0.25, 0.3) is 10.8 Å². The highest BCUT2D eigenvalue weighted by Gasteiger charge is 1.97. The molecule has 1 heterocycles. The van der Waals surface area contributed by atoms with Crippen LogP contribution in [0.15, 0.2) is 63.8 Å². The van der Waals surface area contributed by atoms with Crippen LogP contribution in [0.5, 0.6) is 0 Å². The van der Waals surface area contributed by atoms with Gasteiger partial charge < -0.3 is 0 Å². The van der Waals surface area contributed by atoms with Crippen LogP contribution in [0.4, 0.5) is 5.69 Å². The zero-order valence-electron chi connectivity index (χ0n) is 9.58. The van der Waals surface area contributed by atoms with E-state index in [1.165, 1.54) is 10.8 Å². The molecule has 0 amide bonds. The molecule has 3 heteroatoms. The fourth-order valence-electron chi connectivity index (χ4n) is 1.80. The van der Waals surface area contributed by atoms with Crippen LogP contribution in [0.1, 0.15) is 4.88 Å². The number of benzene rings is 2. The Balaban J connectivity index is 1.95. The summed E-state index contributed by atoms with van der Waals surface area (Å²) < 4.78 is 0. The van der Waals surface area contributed by atoms with E-state index in [-0.39, 0.29) is 0 Å². The van der Waals surface area contributed by atoms with Gasteiger partial charge in [-0.1, -0.05) is 30.3 Å². The Bertz CT molecular complexity index is 713. The first-order chi connectivity index (χ1) is 8.83. The third-order valence-electron chi connectivity index (χ3n) is 2.74. The molecule has 0 aliphatic carbocycles. The second-order valence-electron chi connectivity index (χ2n) is 3.96. The molecule has 3 aromatic rings. The first kappa shape index (κ1) is 11.5. The molecule has 18 heavy (non-hydrogen) atoms. The van der Waals surface area contributed by atoms with Gasteiger partial charge in [0.25, 0.3) is 0 Å². The maximum absolute atomic E-state index is 4.50. The van der Waals surface area contributed by atoms with Crippen LogP contribution in [-0.4, -0.2) is 6.21 Å². The fraction of sp³-hybridized carbons (Fsp3) is 0. The summed E-state index contributed by atoms with van der Waals surface area (Å²) in [6.45, 7) is 0. The normalized spacial score (nSPS) is 11.4. The summed E-state index contributed by atoms with van der Waals surface area (Å²) >= 11 is 6.02. The number of rotatable bonds is 2. The van der Waals surface area contributed by atoms with E-state index in [0.717, 1.165) is 15.5 Å². The lowest BCUT2D eigenvalue weighted by Gasteiger charge is -1.98. The van der Waals surface area contributed by atoms with Crippen molar-refractivity contribution in [2.75, 3.05) is 0 Å². The van der Waals surface area contributed by atoms with E-state index in [1.54, 1.807) is 11.3 Å². The molecular formula is C15H11NS2. The van der Waals surface area contributed by atoms with E-state index >= 15 is 0 Å². The van der Waals surface area contributed by atoms with Gasteiger partial charge in [-0.25, -0.2) is 0 Å². The maximum atomic E-state index is 4.50. The Morgan fingerprint density at radius 3 is 2.61 bits per heavy atom. The van der Waals surface area contributed by atoms with Crippen LogP contribution >= 0.6 is 24.0 Å². The second-order valence-corrected chi connectivity index (χ2v) is 5.39. The summed E-state index contributed by atoms with van der Waals surface area (Å²) in [4.78, 5) is 6.56. The van der Waals surface area contributed by atoms with Gasteiger partial charge in [0.2, 0.25) is 0 Å². The Labute approximate surface area is 115 Å². The molecule has 1 aromatic heterocycles. The van der Waals surface area contributed by atoms with Crippen LogP contribution in [0.2, 0.25) is 0 Å². The third kappa shape index (κ3) is 2.33. The van der Waals surface area contributed by atoms with Crippen LogP contribution in [0, 0.1) is 0 Å². The Morgan fingerprint density at radius 2 is 1.83 bits per heavy atom. The molecule has 0 bridgehead atoms. The molecule has 0 N–H and O–H groups in total. The predicted molar refractivity (Wildman–Crippen MR) is 82.8 cm³/mol. The van der Waals surface area contributed by atoms with Crippen molar-refractivity contribution in [3.8, 4) is 0 Å². The number of nitrogens with zero attached hydrogens (tertiary/aromatic N) is 1. The maximum Gasteiger partial charge on any atom is 0.0636 e. The topological polar surface area (TPSA) is 12.4 Å². The highest BCUT2D eigenvalue weighted by molar-refractivity contribution is 7.80. The fourth-order valence-corrected chi connectivity index (χ4v) is 2.85. The first-order valence-corrected chi connectivity index (χ1v) is 6.95. The minimum absolute atomic E-state index is 0.967. The Hall–Kier alpha value is -1.58. The van der Waals surface area contributed by atoms with Crippen LogP contribution in [-0.2, 0) is 0 Å². The quantitative estimate of drug-likeness (QED) is 0.500. The lowest BCUT2D eigenvalue weighted by Crippen LogP contribution is -1.75.